The number of hydrogen-bond acceptors (Lipinski definition) is 0. The molecule has 0 saturated carbocycles. The Balaban J connectivity index is 2.36. The summed E-state index contributed by atoms with van der Waals surface area (Å²) in [6.07, 6.45) is 13.8. The van der Waals surface area contributed by atoms with Gasteiger partial charge in [-0.05, 0) is 0 Å². The van der Waals surface area contributed by atoms with Crippen molar-refractivity contribution in [2.75, 3.05) is 0 Å². The fourth-order valence-corrected chi connectivity index (χ4v) is 14.6. The van der Waals surface area contributed by atoms with Crippen molar-refractivity contribution < 1.29 is 19.1 Å². The zero-order valence-electron chi connectivity index (χ0n) is 17.2. The van der Waals surface area contributed by atoms with Gasteiger partial charge in [-0.15, -0.1) is 0 Å². The van der Waals surface area contributed by atoms with Gasteiger partial charge < -0.3 is 0 Å². The van der Waals surface area contributed by atoms with Crippen molar-refractivity contribution in [2.45, 2.75) is 52.0 Å². The summed E-state index contributed by atoms with van der Waals surface area (Å²) in [5, 5.41) is 0. The molecule has 0 aromatic carbocycles. The molecule has 2 atom stereocenters. The average Bonchev–Trinajstić information content (AvgIpc) is 3.01. The van der Waals surface area contributed by atoms with Gasteiger partial charge in [0, 0.05) is 0 Å². The Morgan fingerprint density at radius 1 is 1.11 bits per heavy atom. The first-order chi connectivity index (χ1) is 12.8. The molecule has 2 unspecified atom stereocenters. The first-order valence-electron chi connectivity index (χ1n) is 9.91. The summed E-state index contributed by atoms with van der Waals surface area (Å²) in [4.78, 5) is 0. The summed E-state index contributed by atoms with van der Waals surface area (Å²) >= 11 is -3.96. The Morgan fingerprint density at radius 2 is 1.81 bits per heavy atom. The Hall–Kier alpha value is 0.303. The number of halogens is 2. The Kier molecular flexibility index (Phi) is 7.32. The second-order valence-electron chi connectivity index (χ2n) is 8.01. The summed E-state index contributed by atoms with van der Waals surface area (Å²) in [7, 11) is 13.6. The molecular weight excluding hydrogens is 598 g/mol. The second kappa shape index (κ2) is 8.98. The van der Waals surface area contributed by atoms with Gasteiger partial charge in [-0.3, -0.25) is 0 Å². The maximum absolute atomic E-state index is 6.78. The van der Waals surface area contributed by atoms with Crippen molar-refractivity contribution in [1.29, 1.82) is 0 Å². The topological polar surface area (TPSA) is 0 Å². The third-order valence-corrected chi connectivity index (χ3v) is 16.1. The van der Waals surface area contributed by atoms with Crippen LogP contribution in [-0.4, -0.2) is 18.3 Å². The molecule has 4 heteroatoms. The van der Waals surface area contributed by atoms with Crippen LogP contribution in [0.4, 0.5) is 0 Å². The van der Waals surface area contributed by atoms with Crippen LogP contribution in [0.3, 0.4) is 0 Å². The number of hydrogen-bond donors (Lipinski definition) is 0. The van der Waals surface area contributed by atoms with E-state index in [2.05, 4.69) is 69.6 Å². The normalized spacial score (nSPS) is 24.7. The SMILES string of the molecule is CCCC1=[C]([Hf]([Cl])[Cl])C2=CC=C[C](=[Ge]([CH3])[CH3])C(C)C2=C1C1=C(C)C=CC1C. The minimum atomic E-state index is -2.77. The van der Waals surface area contributed by atoms with E-state index in [-0.39, 0.29) is 0 Å². The molecule has 3 aliphatic carbocycles. The number of rotatable bonds is 4. The van der Waals surface area contributed by atoms with Gasteiger partial charge in [0.15, 0.2) is 0 Å². The monoisotopic (exact) mass is 629 g/mol. The van der Waals surface area contributed by atoms with Gasteiger partial charge in [-0.2, -0.15) is 0 Å². The van der Waals surface area contributed by atoms with Gasteiger partial charge in [0.2, 0.25) is 0 Å². The van der Waals surface area contributed by atoms with Gasteiger partial charge in [-0.1, -0.05) is 0 Å². The molecule has 3 aliphatic rings. The molecule has 3 rings (SSSR count). The Morgan fingerprint density at radius 3 is 2.33 bits per heavy atom. The van der Waals surface area contributed by atoms with Crippen molar-refractivity contribution in [3.63, 3.8) is 0 Å². The van der Waals surface area contributed by atoms with Gasteiger partial charge in [0.25, 0.3) is 0 Å². The summed E-state index contributed by atoms with van der Waals surface area (Å²) in [6.45, 7) is 9.27. The van der Waals surface area contributed by atoms with Crippen LogP contribution < -0.4 is 0 Å². The molecule has 0 aromatic rings. The summed E-state index contributed by atoms with van der Waals surface area (Å²) in [6, 6.07) is 0. The van der Waals surface area contributed by atoms with Gasteiger partial charge in [-0.25, -0.2) is 0 Å². The van der Waals surface area contributed by atoms with Crippen molar-refractivity contribution in [3.05, 3.63) is 67.1 Å². The van der Waals surface area contributed by atoms with Crippen LogP contribution in [0.15, 0.2) is 67.1 Å². The Bertz CT molecular complexity index is 874. The fourth-order valence-electron chi connectivity index (χ4n) is 4.77. The Labute approximate surface area is 184 Å². The van der Waals surface area contributed by atoms with E-state index in [0.29, 0.717) is 11.8 Å². The summed E-state index contributed by atoms with van der Waals surface area (Å²) in [5.41, 5.74) is 8.80. The van der Waals surface area contributed by atoms with E-state index in [9.17, 15) is 0 Å². The van der Waals surface area contributed by atoms with E-state index in [1.807, 2.05) is 0 Å². The standard InChI is InChI=1S/C23H29Ge.2ClH.Hf/c1-7-9-18-14-19-10-8-11-20(24(5)6)17(4)22(19)23(18)21-15(2)12-13-16(21)3;;;/h8,10-13,15,17H,7,9H2,1-6H3;2*1H;/q;;;+2/p-2. The van der Waals surface area contributed by atoms with Crippen molar-refractivity contribution in [2.24, 2.45) is 11.8 Å². The molecule has 0 N–H and O–H groups in total. The third-order valence-electron chi connectivity index (χ3n) is 5.92. The average molecular weight is 627 g/mol. The third kappa shape index (κ3) is 4.00. The van der Waals surface area contributed by atoms with E-state index >= 15 is 0 Å². The number of allylic oxidation sites excluding steroid dienone is 12. The van der Waals surface area contributed by atoms with Crippen molar-refractivity contribution in [3.8, 4) is 0 Å². The molecule has 0 radical (unpaired) electrons. The predicted molar refractivity (Wildman–Crippen MR) is 121 cm³/mol. The minimum absolute atomic E-state index is 0.463. The fraction of sp³-hybridized carbons (Fsp3) is 0.435. The first-order valence-corrected chi connectivity index (χ1v) is 25.9. The molecule has 0 amide bonds. The molecule has 0 heterocycles. The molecule has 0 aliphatic heterocycles. The van der Waals surface area contributed by atoms with Crippen molar-refractivity contribution in [1.82, 2.24) is 0 Å². The zero-order valence-corrected chi connectivity index (χ0v) is 24.4. The van der Waals surface area contributed by atoms with Crippen LogP contribution in [-0.2, 0) is 19.1 Å². The second-order valence-corrected chi connectivity index (χ2v) is 24.9. The molecule has 27 heavy (non-hydrogen) atoms. The van der Waals surface area contributed by atoms with E-state index in [0.717, 1.165) is 12.8 Å². The zero-order chi connectivity index (χ0) is 19.9. The molecular formula is C23H29Cl2GeHf. The summed E-state index contributed by atoms with van der Waals surface area (Å²) in [5.74, 6) is 5.86. The van der Waals surface area contributed by atoms with Crippen molar-refractivity contribution >= 4 is 35.4 Å². The van der Waals surface area contributed by atoms with Crippen LogP contribution in [0, 0.1) is 11.8 Å². The molecule has 0 aromatic heterocycles. The maximum atomic E-state index is 6.78. The van der Waals surface area contributed by atoms with E-state index < -0.39 is 33.0 Å². The van der Waals surface area contributed by atoms with E-state index in [4.69, 9.17) is 17.2 Å². The van der Waals surface area contributed by atoms with Crippen LogP contribution in [0.25, 0.3) is 0 Å². The van der Waals surface area contributed by atoms with Crippen LogP contribution in [0.5, 0.6) is 0 Å². The van der Waals surface area contributed by atoms with Gasteiger partial charge in [0.1, 0.15) is 0 Å². The summed E-state index contributed by atoms with van der Waals surface area (Å²) < 4.78 is 3.03. The predicted octanol–water partition coefficient (Wildman–Crippen LogP) is 7.44. The number of fused-ring (bicyclic) bond motifs is 1. The molecule has 0 spiro atoms. The molecule has 143 valence electrons. The van der Waals surface area contributed by atoms with Crippen LogP contribution in [0.2, 0.25) is 11.5 Å². The quantitative estimate of drug-likeness (QED) is 0.285. The molecule has 0 saturated heterocycles. The van der Waals surface area contributed by atoms with E-state index in [1.54, 1.807) is 4.35 Å². The van der Waals surface area contributed by atoms with Crippen LogP contribution in [0.1, 0.15) is 40.5 Å². The first kappa shape index (κ1) is 22.0. The van der Waals surface area contributed by atoms with Gasteiger partial charge in [0.05, 0.1) is 0 Å². The van der Waals surface area contributed by atoms with E-state index in [1.165, 1.54) is 36.8 Å². The van der Waals surface area contributed by atoms with Gasteiger partial charge >= 0.3 is 186 Å². The van der Waals surface area contributed by atoms with Crippen LogP contribution >= 0.6 is 17.2 Å². The molecule has 0 nitrogen and oxygen atoms in total. The molecule has 0 bridgehead atoms. The molecule has 0 fully saturated rings.